The molecule has 0 spiro atoms. The Bertz CT molecular complexity index is 495. The standard InChI is InChI=1S/C13H18N2O4/c1-14(10-7-13(18)19)11(16)6-4-9-15-8-3-2-5-12(15)17/h2-3,5,8H,4,6-7,9-10H2,1H3,(H,18,19). The van der Waals surface area contributed by atoms with E-state index < -0.39 is 5.97 Å². The first kappa shape index (κ1) is 14.9. The van der Waals surface area contributed by atoms with Crippen LogP contribution in [0.3, 0.4) is 0 Å². The molecule has 0 aromatic carbocycles. The van der Waals surface area contributed by atoms with Gasteiger partial charge in [-0.3, -0.25) is 14.4 Å². The molecular weight excluding hydrogens is 248 g/mol. The number of carboxylic acids is 1. The van der Waals surface area contributed by atoms with E-state index in [0.717, 1.165) is 0 Å². The number of aliphatic carboxylic acids is 1. The van der Waals surface area contributed by atoms with Gasteiger partial charge in [0.05, 0.1) is 6.42 Å². The van der Waals surface area contributed by atoms with Gasteiger partial charge < -0.3 is 14.6 Å². The molecular formula is C13H18N2O4. The topological polar surface area (TPSA) is 79.6 Å². The number of nitrogens with zero attached hydrogens (tertiary/aromatic N) is 2. The van der Waals surface area contributed by atoms with Gasteiger partial charge in [-0.1, -0.05) is 6.07 Å². The maximum Gasteiger partial charge on any atom is 0.305 e. The molecule has 1 N–H and O–H groups in total. The Hall–Kier alpha value is -2.11. The Morgan fingerprint density at radius 3 is 2.68 bits per heavy atom. The lowest BCUT2D eigenvalue weighted by molar-refractivity contribution is -0.138. The van der Waals surface area contributed by atoms with Crippen molar-refractivity contribution in [3.05, 3.63) is 34.7 Å². The summed E-state index contributed by atoms with van der Waals surface area (Å²) >= 11 is 0. The molecule has 0 aliphatic heterocycles. The number of hydrogen-bond donors (Lipinski definition) is 1. The van der Waals surface area contributed by atoms with Gasteiger partial charge in [-0.25, -0.2) is 0 Å². The van der Waals surface area contributed by atoms with E-state index in [1.54, 1.807) is 29.9 Å². The number of aryl methyl sites for hydroxylation is 1. The SMILES string of the molecule is CN(CCC(=O)O)C(=O)CCCn1ccccc1=O. The molecule has 0 aliphatic rings. The van der Waals surface area contributed by atoms with Crippen molar-refractivity contribution in [1.29, 1.82) is 0 Å². The number of hydrogen-bond acceptors (Lipinski definition) is 3. The zero-order valence-corrected chi connectivity index (χ0v) is 10.9. The first-order chi connectivity index (χ1) is 9.00. The van der Waals surface area contributed by atoms with Crippen molar-refractivity contribution < 1.29 is 14.7 Å². The molecule has 0 radical (unpaired) electrons. The number of carboxylic acid groups (broad SMARTS) is 1. The quantitative estimate of drug-likeness (QED) is 0.782. The summed E-state index contributed by atoms with van der Waals surface area (Å²) in [6, 6.07) is 4.91. The average Bonchev–Trinajstić information content (AvgIpc) is 2.38. The van der Waals surface area contributed by atoms with Gasteiger partial charge in [-0.05, 0) is 12.5 Å². The Morgan fingerprint density at radius 2 is 2.05 bits per heavy atom. The maximum absolute atomic E-state index is 11.7. The number of amides is 1. The summed E-state index contributed by atoms with van der Waals surface area (Å²) < 4.78 is 1.55. The van der Waals surface area contributed by atoms with Crippen LogP contribution in [0.4, 0.5) is 0 Å². The zero-order valence-electron chi connectivity index (χ0n) is 10.9. The molecule has 0 unspecified atom stereocenters. The minimum atomic E-state index is -0.921. The third-order valence-corrected chi connectivity index (χ3v) is 2.78. The average molecular weight is 266 g/mol. The van der Waals surface area contributed by atoms with Crippen molar-refractivity contribution in [2.24, 2.45) is 0 Å². The van der Waals surface area contributed by atoms with Crippen molar-refractivity contribution in [3.8, 4) is 0 Å². The Balaban J connectivity index is 2.33. The maximum atomic E-state index is 11.7. The monoisotopic (exact) mass is 266 g/mol. The van der Waals surface area contributed by atoms with Gasteiger partial charge in [0.1, 0.15) is 0 Å². The number of carbonyl (C=O) groups is 2. The first-order valence-electron chi connectivity index (χ1n) is 6.12. The zero-order chi connectivity index (χ0) is 14.3. The molecule has 0 bridgehead atoms. The van der Waals surface area contributed by atoms with Gasteiger partial charge >= 0.3 is 5.97 Å². The van der Waals surface area contributed by atoms with Crippen LogP contribution in [0.1, 0.15) is 19.3 Å². The normalized spacial score (nSPS) is 10.2. The summed E-state index contributed by atoms with van der Waals surface area (Å²) in [5.41, 5.74) is -0.0887. The summed E-state index contributed by atoms with van der Waals surface area (Å²) in [6.45, 7) is 0.692. The summed E-state index contributed by atoms with van der Waals surface area (Å²) in [5, 5.41) is 8.52. The molecule has 1 heterocycles. The van der Waals surface area contributed by atoms with Gasteiger partial charge in [0.2, 0.25) is 11.5 Å². The van der Waals surface area contributed by atoms with Crippen LogP contribution in [0.5, 0.6) is 0 Å². The summed E-state index contributed by atoms with van der Waals surface area (Å²) in [7, 11) is 1.58. The third kappa shape index (κ3) is 5.37. The lowest BCUT2D eigenvalue weighted by Crippen LogP contribution is -2.29. The Kier molecular flexibility index (Phi) is 5.78. The highest BCUT2D eigenvalue weighted by Gasteiger charge is 2.09. The molecule has 0 saturated heterocycles. The lowest BCUT2D eigenvalue weighted by atomic mass is 10.2. The second kappa shape index (κ2) is 7.35. The smallest absolute Gasteiger partial charge is 0.305 e. The number of carbonyl (C=O) groups excluding carboxylic acids is 1. The van der Waals surface area contributed by atoms with Crippen molar-refractivity contribution in [3.63, 3.8) is 0 Å². The second-order valence-corrected chi connectivity index (χ2v) is 4.29. The molecule has 104 valence electrons. The lowest BCUT2D eigenvalue weighted by Gasteiger charge is -2.16. The molecule has 1 amide bonds. The Labute approximate surface area is 111 Å². The van der Waals surface area contributed by atoms with E-state index in [0.29, 0.717) is 19.4 Å². The first-order valence-corrected chi connectivity index (χ1v) is 6.12. The van der Waals surface area contributed by atoms with Gasteiger partial charge in [0.25, 0.3) is 0 Å². The van der Waals surface area contributed by atoms with Crippen molar-refractivity contribution in [2.75, 3.05) is 13.6 Å². The molecule has 0 atom stereocenters. The number of pyridine rings is 1. The van der Waals surface area contributed by atoms with Crippen molar-refractivity contribution in [1.82, 2.24) is 9.47 Å². The molecule has 6 heteroatoms. The van der Waals surface area contributed by atoms with Crippen LogP contribution in [-0.2, 0) is 16.1 Å². The largest absolute Gasteiger partial charge is 0.481 e. The highest BCUT2D eigenvalue weighted by Crippen LogP contribution is 1.99. The summed E-state index contributed by atoms with van der Waals surface area (Å²) in [4.78, 5) is 34.9. The van der Waals surface area contributed by atoms with Gasteiger partial charge in [0, 0.05) is 38.8 Å². The van der Waals surface area contributed by atoms with E-state index in [1.807, 2.05) is 0 Å². The van der Waals surface area contributed by atoms with E-state index >= 15 is 0 Å². The van der Waals surface area contributed by atoms with Gasteiger partial charge in [-0.2, -0.15) is 0 Å². The van der Waals surface area contributed by atoms with Crippen LogP contribution < -0.4 is 5.56 Å². The highest BCUT2D eigenvalue weighted by molar-refractivity contribution is 5.76. The van der Waals surface area contributed by atoms with E-state index in [9.17, 15) is 14.4 Å². The van der Waals surface area contributed by atoms with Crippen LogP contribution in [0.2, 0.25) is 0 Å². The minimum Gasteiger partial charge on any atom is -0.481 e. The third-order valence-electron chi connectivity index (χ3n) is 2.78. The van der Waals surface area contributed by atoms with E-state index in [2.05, 4.69) is 0 Å². The van der Waals surface area contributed by atoms with E-state index in [-0.39, 0.29) is 24.4 Å². The highest BCUT2D eigenvalue weighted by atomic mass is 16.4. The van der Waals surface area contributed by atoms with Gasteiger partial charge in [0.15, 0.2) is 0 Å². The second-order valence-electron chi connectivity index (χ2n) is 4.29. The van der Waals surface area contributed by atoms with Crippen molar-refractivity contribution >= 4 is 11.9 Å². The molecule has 19 heavy (non-hydrogen) atoms. The fourth-order valence-corrected chi connectivity index (χ4v) is 1.62. The number of rotatable bonds is 7. The fourth-order valence-electron chi connectivity index (χ4n) is 1.62. The van der Waals surface area contributed by atoms with E-state index in [4.69, 9.17) is 5.11 Å². The van der Waals surface area contributed by atoms with Crippen LogP contribution in [-0.4, -0.2) is 40.0 Å². The summed E-state index contributed by atoms with van der Waals surface area (Å²) in [5.74, 6) is -1.03. The van der Waals surface area contributed by atoms with E-state index in [1.165, 1.54) is 11.0 Å². The van der Waals surface area contributed by atoms with Crippen molar-refractivity contribution in [2.45, 2.75) is 25.8 Å². The molecule has 0 aliphatic carbocycles. The molecule has 1 aromatic rings. The Morgan fingerprint density at radius 1 is 1.32 bits per heavy atom. The molecule has 1 rings (SSSR count). The predicted octanol–water partition coefficient (Wildman–Crippen LogP) is 0.562. The minimum absolute atomic E-state index is 0.0552. The fraction of sp³-hybridized carbons (Fsp3) is 0.462. The molecule has 0 fully saturated rings. The molecule has 0 saturated carbocycles. The number of aromatic nitrogens is 1. The van der Waals surface area contributed by atoms with Crippen LogP contribution in [0.25, 0.3) is 0 Å². The van der Waals surface area contributed by atoms with Crippen LogP contribution in [0.15, 0.2) is 29.2 Å². The molecule has 6 nitrogen and oxygen atoms in total. The van der Waals surface area contributed by atoms with Gasteiger partial charge in [-0.15, -0.1) is 0 Å². The van der Waals surface area contributed by atoms with Crippen LogP contribution in [0, 0.1) is 0 Å². The van der Waals surface area contributed by atoms with Crippen LogP contribution >= 0.6 is 0 Å². The predicted molar refractivity (Wildman–Crippen MR) is 69.8 cm³/mol. The summed E-state index contributed by atoms with van der Waals surface area (Å²) in [6.07, 6.45) is 2.49. The molecule has 1 aromatic heterocycles.